The van der Waals surface area contributed by atoms with Gasteiger partial charge in [0.1, 0.15) is 0 Å². The van der Waals surface area contributed by atoms with Gasteiger partial charge < -0.3 is 14.7 Å². The quantitative estimate of drug-likeness (QED) is 0.159. The second-order valence-corrected chi connectivity index (χ2v) is 34.1. The van der Waals surface area contributed by atoms with Gasteiger partial charge in [-0.1, -0.05) is 201 Å². The number of rotatable bonds is 5. The lowest BCUT2D eigenvalue weighted by molar-refractivity contribution is 0.402. The van der Waals surface area contributed by atoms with Crippen molar-refractivity contribution in [2.45, 2.75) is 232 Å². The zero-order chi connectivity index (χ0) is 59.0. The van der Waals surface area contributed by atoms with E-state index in [4.69, 9.17) is 0 Å². The molecule has 4 aliphatic carbocycles. The fraction of sp³-hybridized carbons (Fsp3) is 0.462. The van der Waals surface area contributed by atoms with Crippen molar-refractivity contribution in [2.24, 2.45) is 0 Å². The molecule has 0 atom stereocenters. The first kappa shape index (κ1) is 55.2. The van der Waals surface area contributed by atoms with Crippen LogP contribution in [0.15, 0.2) is 121 Å². The SMILES string of the molecule is CC(C)(C)c1ccc(N(c2ccc(C(C)(C)C)cc2)c2cc3c4c(c2)N(c2ccc5c(c2)C(C)(C)CC5(C)C)c2cc5c(cc2B4c2cc4c(cc2N3c2ccc3c(c2)C(C)(C)CC3(C)C)C(C)(C)CC4(C)C)C(C)(C)CC5(C)C)cc1. The molecule has 0 N–H and O–H groups in total. The molecule has 7 aromatic rings. The maximum atomic E-state index is 2.75. The smallest absolute Gasteiger partial charge is 0.252 e. The molecule has 0 aromatic heterocycles. The van der Waals surface area contributed by atoms with Crippen LogP contribution in [0, 0.1) is 0 Å². The van der Waals surface area contributed by atoms with Crippen molar-refractivity contribution in [3.05, 3.63) is 177 Å². The highest BCUT2D eigenvalue weighted by molar-refractivity contribution is 7.00. The Kier molecular flexibility index (Phi) is 11.4. The summed E-state index contributed by atoms with van der Waals surface area (Å²) in [5.41, 5.74) is 30.1. The normalized spacial score (nSPS) is 20.8. The van der Waals surface area contributed by atoms with Crippen molar-refractivity contribution in [1.29, 1.82) is 0 Å². The summed E-state index contributed by atoms with van der Waals surface area (Å²) < 4.78 is 0. The average molecular weight is 1080 g/mol. The fourth-order valence-corrected chi connectivity index (χ4v) is 18.5. The van der Waals surface area contributed by atoms with Crippen LogP contribution >= 0.6 is 0 Å². The monoisotopic (exact) mass is 1080 g/mol. The van der Waals surface area contributed by atoms with Crippen LogP contribution in [0.1, 0.15) is 234 Å². The molecule has 0 radical (unpaired) electrons. The van der Waals surface area contributed by atoms with Gasteiger partial charge in [0.05, 0.1) is 5.69 Å². The molecule has 4 heteroatoms. The van der Waals surface area contributed by atoms with Crippen LogP contribution in [0.2, 0.25) is 0 Å². The Morgan fingerprint density at radius 2 is 0.610 bits per heavy atom. The van der Waals surface area contributed by atoms with Crippen molar-refractivity contribution in [3.8, 4) is 0 Å². The van der Waals surface area contributed by atoms with Crippen LogP contribution in [-0.4, -0.2) is 6.71 Å². The van der Waals surface area contributed by atoms with Crippen LogP contribution < -0.4 is 31.1 Å². The number of nitrogens with zero attached hydrogens (tertiary/aromatic N) is 3. The van der Waals surface area contributed by atoms with E-state index in [0.29, 0.717) is 0 Å². The molecule has 0 unspecified atom stereocenters. The minimum absolute atomic E-state index is 0.000382. The zero-order valence-corrected chi connectivity index (χ0v) is 54.3. The number of anilines is 9. The van der Waals surface area contributed by atoms with Gasteiger partial charge >= 0.3 is 0 Å². The fourth-order valence-electron chi connectivity index (χ4n) is 18.5. The summed E-state index contributed by atoms with van der Waals surface area (Å²) in [7, 11) is 0. The van der Waals surface area contributed by atoms with Gasteiger partial charge in [-0.25, -0.2) is 0 Å². The maximum absolute atomic E-state index is 2.75. The summed E-state index contributed by atoms with van der Waals surface area (Å²) in [6, 6.07) is 50.2. The first-order valence-electron chi connectivity index (χ1n) is 31.3. The van der Waals surface area contributed by atoms with Crippen molar-refractivity contribution in [1.82, 2.24) is 0 Å². The topological polar surface area (TPSA) is 9.72 Å². The molecule has 82 heavy (non-hydrogen) atoms. The Morgan fingerprint density at radius 3 is 0.927 bits per heavy atom. The number of fused-ring (bicyclic) bond motifs is 8. The lowest BCUT2D eigenvalue weighted by atomic mass is 9.33. The number of benzene rings is 7. The molecule has 0 saturated heterocycles. The van der Waals surface area contributed by atoms with E-state index in [9.17, 15) is 0 Å². The minimum atomic E-state index is -0.0219. The maximum Gasteiger partial charge on any atom is 0.252 e. The average Bonchev–Trinajstić information content (AvgIpc) is 1.10. The lowest BCUT2D eigenvalue weighted by Gasteiger charge is -2.46. The molecule has 0 bridgehead atoms. The number of hydrogen-bond acceptors (Lipinski definition) is 3. The summed E-state index contributed by atoms with van der Waals surface area (Å²) >= 11 is 0. The van der Waals surface area contributed by atoms with Crippen LogP contribution in [0.4, 0.5) is 51.2 Å². The second-order valence-electron chi connectivity index (χ2n) is 34.1. The van der Waals surface area contributed by atoms with Gasteiger partial charge in [-0.2, -0.15) is 0 Å². The Hall–Kier alpha value is -6.00. The Morgan fingerprint density at radius 1 is 0.317 bits per heavy atom. The van der Waals surface area contributed by atoms with E-state index >= 15 is 0 Å². The van der Waals surface area contributed by atoms with Gasteiger partial charge in [-0.05, 0) is 225 Å². The molecule has 424 valence electrons. The molecule has 2 heterocycles. The zero-order valence-electron chi connectivity index (χ0n) is 54.3. The minimum Gasteiger partial charge on any atom is -0.311 e. The van der Waals surface area contributed by atoms with Gasteiger partial charge in [0.25, 0.3) is 6.71 Å². The Bertz CT molecular complexity index is 3590. The molecule has 3 nitrogen and oxygen atoms in total. The molecule has 2 aliphatic heterocycles. The molecule has 7 aromatic carbocycles. The number of hydrogen-bond donors (Lipinski definition) is 0. The molecule has 0 saturated carbocycles. The van der Waals surface area contributed by atoms with Crippen molar-refractivity contribution < 1.29 is 0 Å². The van der Waals surface area contributed by atoms with E-state index < -0.39 is 0 Å². The third-order valence-corrected chi connectivity index (χ3v) is 21.5. The van der Waals surface area contributed by atoms with Crippen LogP contribution in [0.3, 0.4) is 0 Å². The molecular weight excluding hydrogens is 990 g/mol. The Labute approximate surface area is 495 Å². The third kappa shape index (κ3) is 8.15. The second kappa shape index (κ2) is 16.9. The predicted molar refractivity (Wildman–Crippen MR) is 355 cm³/mol. The van der Waals surface area contributed by atoms with E-state index in [2.05, 4.69) is 288 Å². The summed E-state index contributed by atoms with van der Waals surface area (Å²) in [6.45, 7) is 53.7. The van der Waals surface area contributed by atoms with Crippen molar-refractivity contribution >= 4 is 74.3 Å². The van der Waals surface area contributed by atoms with Crippen molar-refractivity contribution in [3.63, 3.8) is 0 Å². The molecule has 13 rings (SSSR count). The van der Waals surface area contributed by atoms with Crippen LogP contribution in [0.5, 0.6) is 0 Å². The van der Waals surface area contributed by atoms with Gasteiger partial charge in [0.2, 0.25) is 0 Å². The highest BCUT2D eigenvalue weighted by Gasteiger charge is 2.52. The molecule has 0 fully saturated rings. The third-order valence-electron chi connectivity index (χ3n) is 21.5. The Balaban J connectivity index is 1.20. The largest absolute Gasteiger partial charge is 0.311 e. The molecule has 0 spiro atoms. The summed E-state index contributed by atoms with van der Waals surface area (Å²) in [6.07, 6.45) is 4.45. The van der Waals surface area contributed by atoms with E-state index in [1.165, 1.54) is 106 Å². The van der Waals surface area contributed by atoms with Gasteiger partial charge in [-0.15, -0.1) is 0 Å². The summed E-state index contributed by atoms with van der Waals surface area (Å²) in [5, 5.41) is 0. The van der Waals surface area contributed by atoms with Crippen molar-refractivity contribution in [2.75, 3.05) is 14.7 Å². The summed E-state index contributed by atoms with van der Waals surface area (Å²) in [4.78, 5) is 8.06. The van der Waals surface area contributed by atoms with Crippen LogP contribution in [-0.2, 0) is 54.1 Å². The lowest BCUT2D eigenvalue weighted by Crippen LogP contribution is -2.62. The molecule has 0 amide bonds. The first-order valence-corrected chi connectivity index (χ1v) is 31.3. The van der Waals surface area contributed by atoms with E-state index in [0.717, 1.165) is 42.7 Å². The standard InChI is InChI=1S/C78H94BN3/c1-69(2,3)47-23-27-49(28-24-47)80(50-29-25-48(26-30-50)70(4,5)6)53-37-66-68-67(38-53)82(52-32-34-55-57(36-52)74(13,14)44-72(55,9)10)65-42-61-59(76(17,18)46-78(61,21)22)40-63(65)79(68)62-39-58-60(77(19,20)45-75(58,15)16)41-64(62)81(66)51-31-33-54-56(35-51)73(11,12)43-71(54,7)8/h23-42H,43-46H2,1-22H3. The molecule has 6 aliphatic rings. The molecular formula is C78H94BN3. The first-order chi connectivity index (χ1) is 37.8. The van der Waals surface area contributed by atoms with E-state index in [-0.39, 0.29) is 60.9 Å². The van der Waals surface area contributed by atoms with Gasteiger partial charge in [0, 0.05) is 45.5 Å². The van der Waals surface area contributed by atoms with Crippen LogP contribution in [0.25, 0.3) is 0 Å². The van der Waals surface area contributed by atoms with Gasteiger partial charge in [0.15, 0.2) is 0 Å². The van der Waals surface area contributed by atoms with Gasteiger partial charge in [-0.3, -0.25) is 0 Å². The highest BCUT2D eigenvalue weighted by Crippen LogP contribution is 2.59. The predicted octanol–water partition coefficient (Wildman–Crippen LogP) is 19.7. The highest BCUT2D eigenvalue weighted by atomic mass is 15.2. The van der Waals surface area contributed by atoms with E-state index in [1.54, 1.807) is 0 Å². The summed E-state index contributed by atoms with van der Waals surface area (Å²) in [5.74, 6) is 0. The van der Waals surface area contributed by atoms with E-state index in [1.807, 2.05) is 0 Å².